The normalized spacial score (nSPS) is 20.6. The number of hydrogen-bond acceptors (Lipinski definition) is 0. The molecular formula is C29H38F6P2. The van der Waals surface area contributed by atoms with Crippen LogP contribution >= 0.6 is 15.8 Å². The Hall–Kier alpha value is -1.12. The van der Waals surface area contributed by atoms with Gasteiger partial charge in [-0.1, -0.05) is 87.1 Å². The predicted octanol–water partition coefficient (Wildman–Crippen LogP) is 9.79. The van der Waals surface area contributed by atoms with Crippen molar-refractivity contribution in [2.75, 3.05) is 0 Å². The van der Waals surface area contributed by atoms with Crippen LogP contribution < -0.4 is 10.6 Å². The minimum atomic E-state index is -4.44. The van der Waals surface area contributed by atoms with Crippen molar-refractivity contribution in [2.45, 2.75) is 102 Å². The molecule has 0 saturated heterocycles. The molecule has 0 nitrogen and oxygen atoms in total. The van der Waals surface area contributed by atoms with Gasteiger partial charge in [0.1, 0.15) is 0 Å². The second-order valence-corrected chi connectivity index (χ2v) is 18.7. The smallest absolute Gasteiger partial charge is 0.166 e. The van der Waals surface area contributed by atoms with Gasteiger partial charge in [-0.3, -0.25) is 0 Å². The standard InChI is InChI=1S/C29H38F6P2/c1-19(37(26(2,3)4)27(5,6)7)24-9-8-10-25(24)36(22-15-11-20(12-16-22)28(30,31)32)23-17-13-21(14-18-23)29(33,34)35/h11-19,24-25H,8-10H2,1-7H3. The van der Waals surface area contributed by atoms with E-state index in [2.05, 4.69) is 48.5 Å². The highest BCUT2D eigenvalue weighted by Crippen LogP contribution is 2.67. The first kappa shape index (κ1) is 30.4. The molecule has 0 aromatic heterocycles. The Kier molecular flexibility index (Phi) is 8.88. The van der Waals surface area contributed by atoms with Crippen LogP contribution in [0.25, 0.3) is 0 Å². The molecule has 3 atom stereocenters. The van der Waals surface area contributed by atoms with Crippen LogP contribution in [0, 0.1) is 5.92 Å². The summed E-state index contributed by atoms with van der Waals surface area (Å²) in [6.45, 7) is 16.1. The van der Waals surface area contributed by atoms with Crippen molar-refractivity contribution in [1.29, 1.82) is 0 Å². The van der Waals surface area contributed by atoms with Gasteiger partial charge >= 0.3 is 12.4 Å². The van der Waals surface area contributed by atoms with E-state index in [-0.39, 0.29) is 16.0 Å². The Balaban J connectivity index is 2.09. The van der Waals surface area contributed by atoms with Crippen LogP contribution in [-0.4, -0.2) is 21.6 Å². The van der Waals surface area contributed by atoms with Crippen LogP contribution in [0.5, 0.6) is 0 Å². The van der Waals surface area contributed by atoms with E-state index in [1.165, 1.54) is 0 Å². The summed E-state index contributed by atoms with van der Waals surface area (Å²) in [4.78, 5) is 0. The molecule has 0 spiro atoms. The van der Waals surface area contributed by atoms with Gasteiger partial charge in [0.25, 0.3) is 0 Å². The maximum Gasteiger partial charge on any atom is 0.416 e. The van der Waals surface area contributed by atoms with Crippen molar-refractivity contribution < 1.29 is 26.3 Å². The van der Waals surface area contributed by atoms with Gasteiger partial charge in [-0.05, 0) is 83.2 Å². The average molecular weight is 563 g/mol. The molecule has 0 amide bonds. The Morgan fingerprint density at radius 2 is 1.03 bits per heavy atom. The van der Waals surface area contributed by atoms with E-state index in [0.717, 1.165) is 54.1 Å². The molecule has 2 aromatic rings. The zero-order valence-electron chi connectivity index (χ0n) is 22.6. The van der Waals surface area contributed by atoms with Crippen LogP contribution in [0.15, 0.2) is 48.5 Å². The maximum absolute atomic E-state index is 13.3. The van der Waals surface area contributed by atoms with E-state index in [1.54, 1.807) is 24.3 Å². The largest absolute Gasteiger partial charge is 0.416 e. The summed E-state index contributed by atoms with van der Waals surface area (Å²) < 4.78 is 79.7. The molecule has 37 heavy (non-hydrogen) atoms. The second kappa shape index (κ2) is 10.8. The fourth-order valence-electron chi connectivity index (χ4n) is 6.43. The Bertz CT molecular complexity index is 956. The zero-order chi connectivity index (χ0) is 28.0. The van der Waals surface area contributed by atoms with Crippen molar-refractivity contribution in [3.63, 3.8) is 0 Å². The Morgan fingerprint density at radius 3 is 1.35 bits per heavy atom. The molecule has 0 radical (unpaired) electrons. The van der Waals surface area contributed by atoms with Crippen LogP contribution in [0.4, 0.5) is 26.3 Å². The molecule has 2 aromatic carbocycles. The van der Waals surface area contributed by atoms with Gasteiger partial charge in [0.05, 0.1) is 11.1 Å². The third-order valence-electron chi connectivity index (χ3n) is 7.28. The molecular weight excluding hydrogens is 524 g/mol. The zero-order valence-corrected chi connectivity index (χ0v) is 24.4. The number of alkyl halides is 6. The van der Waals surface area contributed by atoms with Gasteiger partial charge in [0.2, 0.25) is 0 Å². The average Bonchev–Trinajstić information content (AvgIpc) is 3.21. The number of hydrogen-bond donors (Lipinski definition) is 0. The Morgan fingerprint density at radius 1 is 0.649 bits per heavy atom. The van der Waals surface area contributed by atoms with E-state index in [1.807, 2.05) is 0 Å². The van der Waals surface area contributed by atoms with E-state index in [0.29, 0.717) is 11.6 Å². The fourth-order valence-corrected chi connectivity index (χ4v) is 15.0. The number of benzene rings is 2. The molecule has 0 bridgehead atoms. The van der Waals surface area contributed by atoms with Crippen molar-refractivity contribution in [2.24, 2.45) is 5.92 Å². The van der Waals surface area contributed by atoms with Crippen molar-refractivity contribution in [3.05, 3.63) is 59.7 Å². The summed E-state index contributed by atoms with van der Waals surface area (Å²) in [6.07, 6.45) is -5.88. The molecule has 0 heterocycles. The lowest BCUT2D eigenvalue weighted by Crippen LogP contribution is -2.37. The Labute approximate surface area is 220 Å². The van der Waals surface area contributed by atoms with Gasteiger partial charge < -0.3 is 0 Å². The molecule has 3 unspecified atom stereocenters. The third kappa shape index (κ3) is 7.10. The monoisotopic (exact) mass is 562 g/mol. The van der Waals surface area contributed by atoms with E-state index in [4.69, 9.17) is 0 Å². The van der Waals surface area contributed by atoms with Crippen molar-refractivity contribution >= 4 is 26.5 Å². The first-order valence-corrected chi connectivity index (χ1v) is 15.6. The summed E-state index contributed by atoms with van der Waals surface area (Å²) in [5.41, 5.74) is -0.803. The van der Waals surface area contributed by atoms with Gasteiger partial charge in [-0.15, -0.1) is 0 Å². The summed E-state index contributed by atoms with van der Waals surface area (Å²) in [6, 6.07) is 10.6. The van der Waals surface area contributed by atoms with E-state index >= 15 is 0 Å². The lowest BCUT2D eigenvalue weighted by atomic mass is 10.0. The molecule has 8 heteroatoms. The lowest BCUT2D eigenvalue weighted by molar-refractivity contribution is -0.138. The van der Waals surface area contributed by atoms with Crippen LogP contribution in [0.2, 0.25) is 0 Å². The third-order valence-corrected chi connectivity index (χ3v) is 14.4. The molecule has 1 aliphatic rings. The quantitative estimate of drug-likeness (QED) is 0.251. The summed E-state index contributed by atoms with van der Waals surface area (Å²) in [5.74, 6) is 0.361. The van der Waals surface area contributed by atoms with Gasteiger partial charge in [-0.25, -0.2) is 0 Å². The highest BCUT2D eigenvalue weighted by Gasteiger charge is 2.46. The van der Waals surface area contributed by atoms with Gasteiger partial charge in [0, 0.05) is 0 Å². The SMILES string of the molecule is CC(C1CCCC1P(c1ccc(C(F)(F)F)cc1)c1ccc(C(F)(F)F)cc1)P(C(C)(C)C)C(C)(C)C. The first-order valence-electron chi connectivity index (χ1n) is 12.7. The highest BCUT2D eigenvalue weighted by molar-refractivity contribution is 7.73. The topological polar surface area (TPSA) is 0 Å². The molecule has 3 rings (SSSR count). The fraction of sp³-hybridized carbons (Fsp3) is 0.586. The van der Waals surface area contributed by atoms with Gasteiger partial charge in [-0.2, -0.15) is 26.3 Å². The molecule has 0 N–H and O–H groups in total. The molecule has 1 saturated carbocycles. The summed E-state index contributed by atoms with van der Waals surface area (Å²) in [7, 11) is -1.57. The number of rotatable bonds is 5. The molecule has 206 valence electrons. The van der Waals surface area contributed by atoms with Crippen LogP contribution in [-0.2, 0) is 12.4 Å². The number of halogens is 6. The van der Waals surface area contributed by atoms with Gasteiger partial charge in [0.15, 0.2) is 0 Å². The molecule has 1 fully saturated rings. The summed E-state index contributed by atoms with van der Waals surface area (Å²) in [5, 5.41) is 1.82. The minimum absolute atomic E-state index is 0.117. The maximum atomic E-state index is 13.3. The summed E-state index contributed by atoms with van der Waals surface area (Å²) >= 11 is 0. The van der Waals surface area contributed by atoms with E-state index in [9.17, 15) is 26.3 Å². The first-order chi connectivity index (χ1) is 16.8. The molecule has 1 aliphatic carbocycles. The molecule has 0 aliphatic heterocycles. The lowest BCUT2D eigenvalue weighted by Gasteiger charge is -2.49. The predicted molar refractivity (Wildman–Crippen MR) is 146 cm³/mol. The van der Waals surface area contributed by atoms with Crippen molar-refractivity contribution in [1.82, 2.24) is 0 Å². The van der Waals surface area contributed by atoms with Crippen LogP contribution in [0.3, 0.4) is 0 Å². The van der Waals surface area contributed by atoms with Crippen molar-refractivity contribution in [3.8, 4) is 0 Å². The van der Waals surface area contributed by atoms with Crippen LogP contribution in [0.1, 0.15) is 78.9 Å². The highest BCUT2D eigenvalue weighted by atomic mass is 31.1. The second-order valence-electron chi connectivity index (χ2n) is 12.1. The minimum Gasteiger partial charge on any atom is -0.166 e. The van der Waals surface area contributed by atoms with E-state index < -0.39 is 39.3 Å².